The fourth-order valence-corrected chi connectivity index (χ4v) is 1.72. The van der Waals surface area contributed by atoms with Gasteiger partial charge in [-0.1, -0.05) is 5.21 Å². The summed E-state index contributed by atoms with van der Waals surface area (Å²) in [5.74, 6) is 1.68. The van der Waals surface area contributed by atoms with E-state index in [1.165, 1.54) is 0 Å². The molecular formula is C13H17N3O2. The van der Waals surface area contributed by atoms with E-state index >= 15 is 0 Å². The monoisotopic (exact) mass is 247 g/mol. The van der Waals surface area contributed by atoms with Gasteiger partial charge in [0, 0.05) is 6.54 Å². The molecule has 0 unspecified atom stereocenters. The number of ether oxygens (including phenoxy) is 2. The molecule has 0 aliphatic rings. The van der Waals surface area contributed by atoms with Crippen LogP contribution in [0.4, 0.5) is 0 Å². The maximum Gasteiger partial charge on any atom is 0.132 e. The Bertz CT molecular complexity index is 523. The molecule has 5 nitrogen and oxygen atoms in total. The fourth-order valence-electron chi connectivity index (χ4n) is 1.72. The summed E-state index contributed by atoms with van der Waals surface area (Å²) in [4.78, 5) is 0. The van der Waals surface area contributed by atoms with Gasteiger partial charge in [-0.3, -0.25) is 0 Å². The van der Waals surface area contributed by atoms with Crippen LogP contribution in [0.25, 0.3) is 0 Å². The lowest BCUT2D eigenvalue weighted by atomic mass is 10.2. The molecule has 0 fully saturated rings. The lowest BCUT2D eigenvalue weighted by Crippen LogP contribution is -2.06. The lowest BCUT2D eigenvalue weighted by Gasteiger charge is -2.10. The molecule has 0 bridgehead atoms. The first-order chi connectivity index (χ1) is 8.74. The van der Waals surface area contributed by atoms with Crippen molar-refractivity contribution in [3.8, 4) is 11.5 Å². The number of aromatic nitrogens is 3. The van der Waals surface area contributed by atoms with Crippen molar-refractivity contribution in [1.29, 1.82) is 0 Å². The number of benzene rings is 1. The Labute approximate surface area is 106 Å². The van der Waals surface area contributed by atoms with Gasteiger partial charge >= 0.3 is 0 Å². The normalized spacial score (nSPS) is 10.4. The largest absolute Gasteiger partial charge is 0.497 e. The van der Waals surface area contributed by atoms with E-state index in [1.54, 1.807) is 13.3 Å². The van der Waals surface area contributed by atoms with Gasteiger partial charge in [-0.05, 0) is 37.6 Å². The van der Waals surface area contributed by atoms with Crippen molar-refractivity contribution in [2.75, 3.05) is 7.11 Å². The molecule has 96 valence electrons. The van der Waals surface area contributed by atoms with E-state index < -0.39 is 0 Å². The van der Waals surface area contributed by atoms with E-state index in [1.807, 2.05) is 36.7 Å². The minimum atomic E-state index is 0.466. The van der Waals surface area contributed by atoms with Crippen LogP contribution < -0.4 is 9.47 Å². The standard InChI is InChI=1S/C13H17N3O2/c1-4-16-11(8-14-15-16)9-18-13-6-5-12(17-3)7-10(13)2/h5-8H,4,9H2,1-3H3. The van der Waals surface area contributed by atoms with Crippen LogP contribution in [-0.4, -0.2) is 22.1 Å². The third-order valence-electron chi connectivity index (χ3n) is 2.76. The molecule has 1 aromatic heterocycles. The van der Waals surface area contributed by atoms with Gasteiger partial charge < -0.3 is 9.47 Å². The average Bonchev–Trinajstić information content (AvgIpc) is 2.84. The van der Waals surface area contributed by atoms with Gasteiger partial charge in [0.1, 0.15) is 18.1 Å². The average molecular weight is 247 g/mol. The number of hydrogen-bond acceptors (Lipinski definition) is 4. The molecule has 18 heavy (non-hydrogen) atoms. The zero-order valence-electron chi connectivity index (χ0n) is 10.9. The van der Waals surface area contributed by atoms with Crippen molar-refractivity contribution in [3.05, 3.63) is 35.7 Å². The predicted molar refractivity (Wildman–Crippen MR) is 67.8 cm³/mol. The molecule has 0 aliphatic heterocycles. The molecule has 1 aromatic carbocycles. The predicted octanol–water partition coefficient (Wildman–Crippen LogP) is 2.19. The Morgan fingerprint density at radius 2 is 2.17 bits per heavy atom. The van der Waals surface area contributed by atoms with E-state index in [0.717, 1.165) is 29.3 Å². The topological polar surface area (TPSA) is 49.2 Å². The van der Waals surface area contributed by atoms with Crippen LogP contribution >= 0.6 is 0 Å². The van der Waals surface area contributed by atoms with Crippen molar-refractivity contribution in [3.63, 3.8) is 0 Å². The van der Waals surface area contributed by atoms with Crippen molar-refractivity contribution in [2.24, 2.45) is 0 Å². The van der Waals surface area contributed by atoms with Gasteiger partial charge in [0.2, 0.25) is 0 Å². The molecule has 0 atom stereocenters. The molecule has 1 heterocycles. The number of hydrogen-bond donors (Lipinski definition) is 0. The maximum absolute atomic E-state index is 5.77. The molecule has 0 amide bonds. The number of methoxy groups -OCH3 is 1. The molecular weight excluding hydrogens is 230 g/mol. The van der Waals surface area contributed by atoms with Crippen molar-refractivity contribution >= 4 is 0 Å². The van der Waals surface area contributed by atoms with Gasteiger partial charge in [-0.15, -0.1) is 5.10 Å². The maximum atomic E-state index is 5.77. The molecule has 0 radical (unpaired) electrons. The molecule has 0 aliphatic carbocycles. The van der Waals surface area contributed by atoms with Gasteiger partial charge in [-0.25, -0.2) is 4.68 Å². The summed E-state index contributed by atoms with van der Waals surface area (Å²) < 4.78 is 12.7. The summed E-state index contributed by atoms with van der Waals surface area (Å²) in [7, 11) is 1.65. The Hall–Kier alpha value is -2.04. The Balaban J connectivity index is 2.06. The highest BCUT2D eigenvalue weighted by Gasteiger charge is 2.05. The highest BCUT2D eigenvalue weighted by Crippen LogP contribution is 2.23. The van der Waals surface area contributed by atoms with Crippen molar-refractivity contribution in [1.82, 2.24) is 15.0 Å². The van der Waals surface area contributed by atoms with E-state index in [-0.39, 0.29) is 0 Å². The van der Waals surface area contributed by atoms with Crippen LogP contribution in [0.5, 0.6) is 11.5 Å². The molecule has 0 saturated heterocycles. The first-order valence-electron chi connectivity index (χ1n) is 5.89. The molecule has 2 rings (SSSR count). The van der Waals surface area contributed by atoms with Gasteiger partial charge in [-0.2, -0.15) is 0 Å². The zero-order chi connectivity index (χ0) is 13.0. The van der Waals surface area contributed by atoms with Gasteiger partial charge in [0.15, 0.2) is 0 Å². The van der Waals surface area contributed by atoms with Crippen LogP contribution in [0, 0.1) is 6.92 Å². The van der Waals surface area contributed by atoms with Gasteiger partial charge in [0.25, 0.3) is 0 Å². The van der Waals surface area contributed by atoms with E-state index in [2.05, 4.69) is 10.3 Å². The minimum Gasteiger partial charge on any atom is -0.497 e. The summed E-state index contributed by atoms with van der Waals surface area (Å²) in [5, 5.41) is 7.83. The van der Waals surface area contributed by atoms with E-state index in [4.69, 9.17) is 9.47 Å². The first kappa shape index (κ1) is 12.4. The van der Waals surface area contributed by atoms with Crippen LogP contribution in [0.3, 0.4) is 0 Å². The lowest BCUT2D eigenvalue weighted by molar-refractivity contribution is 0.290. The van der Waals surface area contributed by atoms with Crippen LogP contribution in [0.2, 0.25) is 0 Å². The summed E-state index contributed by atoms with van der Waals surface area (Å²) in [5.41, 5.74) is 2.01. The quantitative estimate of drug-likeness (QED) is 0.812. The smallest absolute Gasteiger partial charge is 0.132 e. The number of nitrogens with zero attached hydrogens (tertiary/aromatic N) is 3. The highest BCUT2D eigenvalue weighted by atomic mass is 16.5. The molecule has 0 N–H and O–H groups in total. The summed E-state index contributed by atoms with van der Waals surface area (Å²) in [6.45, 7) is 5.28. The minimum absolute atomic E-state index is 0.466. The van der Waals surface area contributed by atoms with Crippen molar-refractivity contribution in [2.45, 2.75) is 27.0 Å². The number of rotatable bonds is 5. The Morgan fingerprint density at radius 1 is 1.33 bits per heavy atom. The van der Waals surface area contributed by atoms with E-state index in [9.17, 15) is 0 Å². The SMILES string of the molecule is CCn1nncc1COc1ccc(OC)cc1C. The second-order valence-electron chi connectivity index (χ2n) is 3.96. The highest BCUT2D eigenvalue weighted by molar-refractivity contribution is 5.39. The van der Waals surface area contributed by atoms with Crippen LogP contribution in [0.1, 0.15) is 18.2 Å². The molecule has 0 spiro atoms. The molecule has 0 saturated carbocycles. The first-order valence-corrected chi connectivity index (χ1v) is 5.89. The third kappa shape index (κ3) is 2.61. The second-order valence-corrected chi connectivity index (χ2v) is 3.96. The van der Waals surface area contributed by atoms with E-state index in [0.29, 0.717) is 6.61 Å². The summed E-state index contributed by atoms with van der Waals surface area (Å²) in [6, 6.07) is 5.75. The Morgan fingerprint density at radius 3 is 2.83 bits per heavy atom. The van der Waals surface area contributed by atoms with Crippen LogP contribution in [-0.2, 0) is 13.2 Å². The number of aryl methyl sites for hydroxylation is 2. The zero-order valence-corrected chi connectivity index (χ0v) is 10.9. The van der Waals surface area contributed by atoms with Crippen molar-refractivity contribution < 1.29 is 9.47 Å². The second kappa shape index (κ2) is 5.53. The third-order valence-corrected chi connectivity index (χ3v) is 2.76. The fraction of sp³-hybridized carbons (Fsp3) is 0.385. The molecule has 2 aromatic rings. The molecule has 5 heteroatoms. The van der Waals surface area contributed by atoms with Crippen LogP contribution in [0.15, 0.2) is 24.4 Å². The Kier molecular flexibility index (Phi) is 3.82. The summed E-state index contributed by atoms with van der Waals surface area (Å²) in [6.07, 6.45) is 1.72. The van der Waals surface area contributed by atoms with Gasteiger partial charge in [0.05, 0.1) is 19.0 Å². The summed E-state index contributed by atoms with van der Waals surface area (Å²) >= 11 is 0.